The molecule has 1 aliphatic rings. The molecule has 27 heavy (non-hydrogen) atoms. The molecule has 2 aromatic carbocycles. The van der Waals surface area contributed by atoms with Crippen molar-refractivity contribution in [3.05, 3.63) is 71.3 Å². The highest BCUT2D eigenvalue weighted by molar-refractivity contribution is 7.88. The van der Waals surface area contributed by atoms with Crippen LogP contribution in [0.25, 0.3) is 0 Å². The first-order valence-electron chi connectivity index (χ1n) is 9.43. The molecule has 0 spiro atoms. The summed E-state index contributed by atoms with van der Waals surface area (Å²) < 4.78 is 28.1. The molecule has 1 aliphatic heterocycles. The van der Waals surface area contributed by atoms with Gasteiger partial charge in [-0.05, 0) is 25.1 Å². The lowest BCUT2D eigenvalue weighted by Gasteiger charge is -2.38. The summed E-state index contributed by atoms with van der Waals surface area (Å²) in [5.74, 6) is 0.0128. The summed E-state index contributed by atoms with van der Waals surface area (Å²) in [6, 6.07) is 17.9. The van der Waals surface area contributed by atoms with Crippen LogP contribution < -0.4 is 4.72 Å². The van der Waals surface area contributed by atoms with E-state index in [9.17, 15) is 8.42 Å². The summed E-state index contributed by atoms with van der Waals surface area (Å²) in [7, 11) is -1.27. The van der Waals surface area contributed by atoms with Gasteiger partial charge in [0.2, 0.25) is 10.0 Å². The number of piperazine rings is 1. The van der Waals surface area contributed by atoms with E-state index < -0.39 is 10.0 Å². The van der Waals surface area contributed by atoms with Gasteiger partial charge < -0.3 is 4.90 Å². The monoisotopic (exact) mass is 387 g/mol. The third-order valence-electron chi connectivity index (χ3n) is 5.10. The highest BCUT2D eigenvalue weighted by Crippen LogP contribution is 2.22. The third kappa shape index (κ3) is 5.87. The number of aryl methyl sites for hydroxylation is 1. The zero-order chi connectivity index (χ0) is 19.3. The smallest absolute Gasteiger partial charge is 0.215 e. The predicted molar refractivity (Wildman–Crippen MR) is 110 cm³/mol. The van der Waals surface area contributed by atoms with E-state index in [1.54, 1.807) is 0 Å². The molecule has 5 nitrogen and oxygen atoms in total. The fourth-order valence-corrected chi connectivity index (χ4v) is 4.68. The largest absolute Gasteiger partial charge is 0.304 e. The number of hydrogen-bond donors (Lipinski definition) is 1. The Morgan fingerprint density at radius 1 is 1.00 bits per heavy atom. The van der Waals surface area contributed by atoms with Gasteiger partial charge in [0, 0.05) is 38.8 Å². The number of nitrogens with zero attached hydrogens (tertiary/aromatic N) is 2. The van der Waals surface area contributed by atoms with Gasteiger partial charge in [0.05, 0.1) is 5.75 Å². The fraction of sp³-hybridized carbons (Fsp3) is 0.429. The molecule has 0 amide bonds. The Labute approximate surface area is 163 Å². The summed E-state index contributed by atoms with van der Waals surface area (Å²) in [6.07, 6.45) is 0. The molecule has 6 heteroatoms. The van der Waals surface area contributed by atoms with Crippen molar-refractivity contribution in [3.63, 3.8) is 0 Å². The van der Waals surface area contributed by atoms with E-state index >= 15 is 0 Å². The SMILES string of the molecule is Cc1cccc(CS(=O)(=O)NCC(c2ccccc2)N2CCN(C)CC2)c1. The predicted octanol–water partition coefficient (Wildman–Crippen LogP) is 2.40. The Morgan fingerprint density at radius 2 is 1.70 bits per heavy atom. The lowest BCUT2D eigenvalue weighted by atomic mass is 10.0. The van der Waals surface area contributed by atoms with Crippen LogP contribution in [-0.2, 0) is 15.8 Å². The summed E-state index contributed by atoms with van der Waals surface area (Å²) in [5, 5.41) is 0. The molecule has 1 saturated heterocycles. The van der Waals surface area contributed by atoms with Gasteiger partial charge in [-0.1, -0.05) is 60.2 Å². The zero-order valence-corrected chi connectivity index (χ0v) is 17.0. The quantitative estimate of drug-likeness (QED) is 0.793. The Kier molecular flexibility index (Phi) is 6.65. The lowest BCUT2D eigenvalue weighted by molar-refractivity contribution is 0.113. The lowest BCUT2D eigenvalue weighted by Crippen LogP contribution is -2.48. The van der Waals surface area contributed by atoms with Crippen LogP contribution in [0.4, 0.5) is 0 Å². The van der Waals surface area contributed by atoms with Crippen molar-refractivity contribution in [2.75, 3.05) is 39.8 Å². The number of nitrogens with one attached hydrogen (secondary N) is 1. The van der Waals surface area contributed by atoms with Crippen LogP contribution in [0, 0.1) is 6.92 Å². The van der Waals surface area contributed by atoms with Crippen molar-refractivity contribution < 1.29 is 8.42 Å². The Morgan fingerprint density at radius 3 is 2.37 bits per heavy atom. The summed E-state index contributed by atoms with van der Waals surface area (Å²) in [4.78, 5) is 4.69. The topological polar surface area (TPSA) is 52.7 Å². The van der Waals surface area contributed by atoms with E-state index in [4.69, 9.17) is 0 Å². The van der Waals surface area contributed by atoms with E-state index in [0.29, 0.717) is 6.54 Å². The fourth-order valence-electron chi connectivity index (χ4n) is 3.54. The molecule has 0 radical (unpaired) electrons. The standard InChI is InChI=1S/C21H29N3O2S/c1-18-7-6-8-19(15-18)17-27(25,26)22-16-21(20-9-4-3-5-10-20)24-13-11-23(2)12-14-24/h3-10,15,21-22H,11-14,16-17H2,1-2H3. The number of rotatable bonds is 7. The van der Waals surface area contributed by atoms with E-state index in [0.717, 1.165) is 42.9 Å². The van der Waals surface area contributed by atoms with Crippen molar-refractivity contribution >= 4 is 10.0 Å². The molecule has 146 valence electrons. The van der Waals surface area contributed by atoms with E-state index in [1.165, 1.54) is 0 Å². The van der Waals surface area contributed by atoms with Gasteiger partial charge in [0.1, 0.15) is 0 Å². The van der Waals surface area contributed by atoms with Crippen molar-refractivity contribution in [3.8, 4) is 0 Å². The molecule has 1 heterocycles. The molecule has 0 aliphatic carbocycles. The van der Waals surface area contributed by atoms with Gasteiger partial charge in [-0.25, -0.2) is 13.1 Å². The summed E-state index contributed by atoms with van der Waals surface area (Å²) in [6.45, 7) is 6.24. The maximum atomic E-state index is 12.6. The third-order valence-corrected chi connectivity index (χ3v) is 6.42. The van der Waals surface area contributed by atoms with E-state index in [-0.39, 0.29) is 11.8 Å². The summed E-state index contributed by atoms with van der Waals surface area (Å²) in [5.41, 5.74) is 3.04. The number of benzene rings is 2. The minimum atomic E-state index is -3.39. The second-order valence-corrected chi connectivity index (χ2v) is 9.17. The van der Waals surface area contributed by atoms with Crippen LogP contribution in [0.5, 0.6) is 0 Å². The maximum absolute atomic E-state index is 12.6. The summed E-state index contributed by atoms with van der Waals surface area (Å²) >= 11 is 0. The normalized spacial score (nSPS) is 17.7. The first kappa shape index (κ1) is 20.0. The number of sulfonamides is 1. The second kappa shape index (κ2) is 8.97. The van der Waals surface area contributed by atoms with E-state index in [1.807, 2.05) is 49.4 Å². The molecule has 2 aromatic rings. The maximum Gasteiger partial charge on any atom is 0.215 e. The molecule has 0 aromatic heterocycles. The average molecular weight is 388 g/mol. The second-order valence-electron chi connectivity index (χ2n) is 7.36. The minimum absolute atomic E-state index is 0.0128. The van der Waals surface area contributed by atoms with Crippen LogP contribution >= 0.6 is 0 Å². The van der Waals surface area contributed by atoms with Gasteiger partial charge in [-0.3, -0.25) is 4.90 Å². The highest BCUT2D eigenvalue weighted by atomic mass is 32.2. The van der Waals surface area contributed by atoms with Crippen molar-refractivity contribution in [1.29, 1.82) is 0 Å². The van der Waals surface area contributed by atoms with Crippen molar-refractivity contribution in [2.24, 2.45) is 0 Å². The first-order chi connectivity index (χ1) is 12.9. The molecule has 0 saturated carbocycles. The Bertz CT molecular complexity index is 832. The van der Waals surface area contributed by atoms with Crippen LogP contribution in [0.15, 0.2) is 54.6 Å². The van der Waals surface area contributed by atoms with Crippen LogP contribution in [0.1, 0.15) is 22.7 Å². The van der Waals surface area contributed by atoms with Crippen molar-refractivity contribution in [1.82, 2.24) is 14.5 Å². The van der Waals surface area contributed by atoms with Gasteiger partial charge in [-0.2, -0.15) is 0 Å². The number of likely N-dealkylation sites (N-methyl/N-ethyl adjacent to an activating group) is 1. The molecule has 1 N–H and O–H groups in total. The first-order valence-corrected chi connectivity index (χ1v) is 11.1. The van der Waals surface area contributed by atoms with Crippen molar-refractivity contribution in [2.45, 2.75) is 18.7 Å². The van der Waals surface area contributed by atoms with Crippen LogP contribution in [0.3, 0.4) is 0 Å². The van der Waals surface area contributed by atoms with Gasteiger partial charge in [0.25, 0.3) is 0 Å². The minimum Gasteiger partial charge on any atom is -0.304 e. The molecule has 1 unspecified atom stereocenters. The molecular weight excluding hydrogens is 358 g/mol. The molecule has 1 atom stereocenters. The Hall–Kier alpha value is -1.73. The Balaban J connectivity index is 1.70. The van der Waals surface area contributed by atoms with Crippen LogP contribution in [-0.4, -0.2) is 58.0 Å². The van der Waals surface area contributed by atoms with Crippen LogP contribution in [0.2, 0.25) is 0 Å². The zero-order valence-electron chi connectivity index (χ0n) is 16.1. The van der Waals surface area contributed by atoms with Gasteiger partial charge >= 0.3 is 0 Å². The van der Waals surface area contributed by atoms with E-state index in [2.05, 4.69) is 33.7 Å². The molecule has 1 fully saturated rings. The van der Waals surface area contributed by atoms with Gasteiger partial charge in [-0.15, -0.1) is 0 Å². The van der Waals surface area contributed by atoms with Gasteiger partial charge in [0.15, 0.2) is 0 Å². The highest BCUT2D eigenvalue weighted by Gasteiger charge is 2.25. The molecular formula is C21H29N3O2S. The molecule has 0 bridgehead atoms. The number of hydrogen-bond acceptors (Lipinski definition) is 4. The molecule has 3 rings (SSSR count). The average Bonchev–Trinajstić information content (AvgIpc) is 2.64.